The summed E-state index contributed by atoms with van der Waals surface area (Å²) in [7, 11) is 0. The van der Waals surface area contributed by atoms with E-state index in [4.69, 9.17) is 9.84 Å². The largest absolute Gasteiger partial charge is 0.494 e. The van der Waals surface area contributed by atoms with Crippen LogP contribution in [0.5, 0.6) is 5.75 Å². The zero-order valence-electron chi connectivity index (χ0n) is 8.78. The van der Waals surface area contributed by atoms with Gasteiger partial charge in [-0.1, -0.05) is 12.1 Å². The molecule has 2 N–H and O–H groups in total. The van der Waals surface area contributed by atoms with E-state index in [0.717, 1.165) is 43.3 Å². The smallest absolute Gasteiger partial charge is 0.119 e. The van der Waals surface area contributed by atoms with Gasteiger partial charge in [-0.05, 0) is 43.1 Å². The maximum absolute atomic E-state index is 8.96. The monoisotopic (exact) mass is 207 g/mol. The second-order valence-corrected chi connectivity index (χ2v) is 3.97. The van der Waals surface area contributed by atoms with Crippen molar-refractivity contribution < 1.29 is 9.84 Å². The molecule has 1 saturated heterocycles. The van der Waals surface area contributed by atoms with E-state index in [-0.39, 0.29) is 6.61 Å². The Bertz CT molecular complexity index is 310. The number of aliphatic hydroxyl groups is 1. The summed E-state index contributed by atoms with van der Waals surface area (Å²) in [5.74, 6) is 1.64. The summed E-state index contributed by atoms with van der Waals surface area (Å²) in [6.07, 6.45) is 1.11. The molecule has 0 radical (unpaired) electrons. The molecule has 2 rings (SSSR count). The molecule has 15 heavy (non-hydrogen) atoms. The summed E-state index contributed by atoms with van der Waals surface area (Å²) in [5, 5.41) is 12.2. The third kappa shape index (κ3) is 2.94. The third-order valence-electron chi connectivity index (χ3n) is 2.74. The molecule has 0 aromatic heterocycles. The van der Waals surface area contributed by atoms with Crippen molar-refractivity contribution in [2.75, 3.05) is 19.7 Å². The molecular weight excluding hydrogens is 190 g/mol. The number of hydrogen-bond acceptors (Lipinski definition) is 3. The molecule has 82 valence electrons. The van der Waals surface area contributed by atoms with Crippen molar-refractivity contribution in [3.8, 4) is 5.75 Å². The lowest BCUT2D eigenvalue weighted by Gasteiger charge is -2.26. The van der Waals surface area contributed by atoms with Crippen LogP contribution in [0.25, 0.3) is 0 Å². The van der Waals surface area contributed by atoms with Gasteiger partial charge in [0, 0.05) is 0 Å². The van der Waals surface area contributed by atoms with Crippen molar-refractivity contribution in [2.45, 2.75) is 13.0 Å². The van der Waals surface area contributed by atoms with Gasteiger partial charge in [0.05, 0.1) is 13.2 Å². The molecule has 1 aliphatic rings. The summed E-state index contributed by atoms with van der Waals surface area (Å²) in [4.78, 5) is 0. The molecule has 3 nitrogen and oxygen atoms in total. The van der Waals surface area contributed by atoms with E-state index in [1.54, 1.807) is 0 Å². The van der Waals surface area contributed by atoms with Crippen LogP contribution in [0.1, 0.15) is 12.0 Å². The molecule has 1 aliphatic heterocycles. The normalized spacial score (nSPS) is 16.1. The SMILES string of the molecule is OCc1cccc(OCCC2CNC2)c1. The Labute approximate surface area is 90.1 Å². The van der Waals surface area contributed by atoms with Gasteiger partial charge in [0.25, 0.3) is 0 Å². The highest BCUT2D eigenvalue weighted by atomic mass is 16.5. The number of nitrogens with one attached hydrogen (secondary N) is 1. The van der Waals surface area contributed by atoms with E-state index in [0.29, 0.717) is 0 Å². The van der Waals surface area contributed by atoms with Crippen molar-refractivity contribution >= 4 is 0 Å². The number of rotatable bonds is 5. The molecule has 1 heterocycles. The van der Waals surface area contributed by atoms with E-state index in [2.05, 4.69) is 5.32 Å². The predicted octanol–water partition coefficient (Wildman–Crippen LogP) is 1.17. The summed E-state index contributed by atoms with van der Waals surface area (Å²) >= 11 is 0. The highest BCUT2D eigenvalue weighted by molar-refractivity contribution is 5.27. The molecule has 0 amide bonds. The summed E-state index contributed by atoms with van der Waals surface area (Å²) in [6.45, 7) is 3.09. The van der Waals surface area contributed by atoms with Crippen molar-refractivity contribution in [3.63, 3.8) is 0 Å². The van der Waals surface area contributed by atoms with E-state index in [1.165, 1.54) is 0 Å². The zero-order chi connectivity index (χ0) is 10.5. The molecule has 1 aromatic carbocycles. The van der Waals surface area contributed by atoms with Gasteiger partial charge in [-0.3, -0.25) is 0 Å². The molecular formula is C12H17NO2. The van der Waals surface area contributed by atoms with Crippen molar-refractivity contribution in [2.24, 2.45) is 5.92 Å². The second kappa shape index (κ2) is 5.14. The fourth-order valence-corrected chi connectivity index (χ4v) is 1.63. The molecule has 0 bridgehead atoms. The first kappa shape index (κ1) is 10.5. The van der Waals surface area contributed by atoms with E-state index in [1.807, 2.05) is 24.3 Å². The number of hydrogen-bond donors (Lipinski definition) is 2. The van der Waals surface area contributed by atoms with E-state index >= 15 is 0 Å². The van der Waals surface area contributed by atoms with E-state index < -0.39 is 0 Å². The number of ether oxygens (including phenoxy) is 1. The average molecular weight is 207 g/mol. The van der Waals surface area contributed by atoms with Gasteiger partial charge in [0.15, 0.2) is 0 Å². The van der Waals surface area contributed by atoms with Gasteiger partial charge >= 0.3 is 0 Å². The Morgan fingerprint density at radius 3 is 2.93 bits per heavy atom. The lowest BCUT2D eigenvalue weighted by atomic mass is 10.0. The minimum atomic E-state index is 0.0732. The van der Waals surface area contributed by atoms with Crippen molar-refractivity contribution in [1.29, 1.82) is 0 Å². The number of aliphatic hydroxyl groups excluding tert-OH is 1. The maximum Gasteiger partial charge on any atom is 0.119 e. The molecule has 0 atom stereocenters. The molecule has 1 fully saturated rings. The Hall–Kier alpha value is -1.06. The van der Waals surface area contributed by atoms with Crippen LogP contribution in [-0.2, 0) is 6.61 Å². The first-order valence-corrected chi connectivity index (χ1v) is 5.42. The van der Waals surface area contributed by atoms with Gasteiger partial charge in [-0.25, -0.2) is 0 Å². The Balaban J connectivity index is 1.76. The van der Waals surface area contributed by atoms with Crippen LogP contribution in [0, 0.1) is 5.92 Å². The molecule has 3 heteroatoms. The molecule has 0 aliphatic carbocycles. The fraction of sp³-hybridized carbons (Fsp3) is 0.500. The fourth-order valence-electron chi connectivity index (χ4n) is 1.63. The lowest BCUT2D eigenvalue weighted by molar-refractivity contribution is 0.237. The predicted molar refractivity (Wildman–Crippen MR) is 58.8 cm³/mol. The molecule has 0 saturated carbocycles. The van der Waals surface area contributed by atoms with Crippen LogP contribution in [0.4, 0.5) is 0 Å². The minimum absolute atomic E-state index is 0.0732. The average Bonchev–Trinajstić information content (AvgIpc) is 2.22. The van der Waals surface area contributed by atoms with Crippen LogP contribution >= 0.6 is 0 Å². The minimum Gasteiger partial charge on any atom is -0.494 e. The Morgan fingerprint density at radius 2 is 2.27 bits per heavy atom. The van der Waals surface area contributed by atoms with Gasteiger partial charge in [-0.2, -0.15) is 0 Å². The van der Waals surface area contributed by atoms with Gasteiger partial charge < -0.3 is 15.2 Å². The van der Waals surface area contributed by atoms with Crippen LogP contribution in [0.15, 0.2) is 24.3 Å². The van der Waals surface area contributed by atoms with Crippen LogP contribution in [0.2, 0.25) is 0 Å². The second-order valence-electron chi connectivity index (χ2n) is 3.97. The number of benzene rings is 1. The Morgan fingerprint density at radius 1 is 1.40 bits per heavy atom. The summed E-state index contributed by atoms with van der Waals surface area (Å²) in [5.41, 5.74) is 0.901. The van der Waals surface area contributed by atoms with E-state index in [9.17, 15) is 0 Å². The maximum atomic E-state index is 8.96. The topological polar surface area (TPSA) is 41.5 Å². The zero-order valence-corrected chi connectivity index (χ0v) is 8.78. The molecule has 0 unspecified atom stereocenters. The highest BCUT2D eigenvalue weighted by Crippen LogP contribution is 2.15. The van der Waals surface area contributed by atoms with Gasteiger partial charge in [0.1, 0.15) is 5.75 Å². The lowest BCUT2D eigenvalue weighted by Crippen LogP contribution is -2.42. The summed E-state index contributed by atoms with van der Waals surface area (Å²) in [6, 6.07) is 7.62. The third-order valence-corrected chi connectivity index (χ3v) is 2.74. The Kier molecular flexibility index (Phi) is 3.59. The van der Waals surface area contributed by atoms with Crippen molar-refractivity contribution in [3.05, 3.63) is 29.8 Å². The first-order valence-electron chi connectivity index (χ1n) is 5.42. The molecule has 1 aromatic rings. The summed E-state index contributed by atoms with van der Waals surface area (Å²) < 4.78 is 5.62. The molecule has 0 spiro atoms. The standard InChI is InChI=1S/C12H17NO2/c14-9-10-2-1-3-12(6-10)15-5-4-11-7-13-8-11/h1-3,6,11,13-14H,4-5,7-9H2. The van der Waals surface area contributed by atoms with Gasteiger partial charge in [0.2, 0.25) is 0 Å². The van der Waals surface area contributed by atoms with Crippen molar-refractivity contribution in [1.82, 2.24) is 5.32 Å². The highest BCUT2D eigenvalue weighted by Gasteiger charge is 2.15. The van der Waals surface area contributed by atoms with Crippen LogP contribution in [-0.4, -0.2) is 24.8 Å². The quantitative estimate of drug-likeness (QED) is 0.761. The van der Waals surface area contributed by atoms with Crippen LogP contribution in [0.3, 0.4) is 0 Å². The first-order chi connectivity index (χ1) is 7.38. The van der Waals surface area contributed by atoms with Gasteiger partial charge in [-0.15, -0.1) is 0 Å². The van der Waals surface area contributed by atoms with Crippen LogP contribution < -0.4 is 10.1 Å².